The van der Waals surface area contributed by atoms with E-state index in [-0.39, 0.29) is 0 Å². The van der Waals surface area contributed by atoms with Crippen molar-refractivity contribution in [2.75, 3.05) is 6.54 Å². The largest absolute Gasteiger partial charge is 0.464 e. The lowest BCUT2D eigenvalue weighted by molar-refractivity contribution is -0.00907. The molecular weight excluding hydrogens is 262 g/mol. The SMILES string of the molecule is CCC1CCC(O)(CNCc2ccc(C3CC3C)o2)CC1. The van der Waals surface area contributed by atoms with Gasteiger partial charge in [0.1, 0.15) is 11.5 Å². The Morgan fingerprint density at radius 1 is 1.33 bits per heavy atom. The van der Waals surface area contributed by atoms with Crippen LogP contribution in [0.2, 0.25) is 0 Å². The predicted molar refractivity (Wildman–Crippen MR) is 84.1 cm³/mol. The molecule has 2 atom stereocenters. The van der Waals surface area contributed by atoms with Crippen LogP contribution in [-0.4, -0.2) is 17.3 Å². The van der Waals surface area contributed by atoms with Crippen molar-refractivity contribution in [2.45, 2.75) is 70.4 Å². The first-order valence-corrected chi connectivity index (χ1v) is 8.61. The second-order valence-electron chi connectivity index (χ2n) is 7.30. The van der Waals surface area contributed by atoms with Crippen LogP contribution in [0.15, 0.2) is 16.5 Å². The number of rotatable bonds is 6. The first-order chi connectivity index (χ1) is 10.1. The summed E-state index contributed by atoms with van der Waals surface area (Å²) in [4.78, 5) is 0. The Labute approximate surface area is 128 Å². The van der Waals surface area contributed by atoms with E-state index in [0.29, 0.717) is 12.5 Å². The Bertz CT molecular complexity index is 460. The monoisotopic (exact) mass is 291 g/mol. The van der Waals surface area contributed by atoms with Crippen molar-refractivity contribution < 1.29 is 9.52 Å². The van der Waals surface area contributed by atoms with Crippen LogP contribution in [0.25, 0.3) is 0 Å². The molecule has 21 heavy (non-hydrogen) atoms. The minimum atomic E-state index is -0.508. The molecule has 2 N–H and O–H groups in total. The Hall–Kier alpha value is -0.800. The van der Waals surface area contributed by atoms with Crippen LogP contribution < -0.4 is 5.32 Å². The van der Waals surface area contributed by atoms with Gasteiger partial charge in [-0.3, -0.25) is 0 Å². The fourth-order valence-electron chi connectivity index (χ4n) is 3.63. The second kappa shape index (κ2) is 6.13. The average Bonchev–Trinajstić information content (AvgIpc) is 3.02. The highest BCUT2D eigenvalue weighted by Crippen LogP contribution is 2.47. The van der Waals surface area contributed by atoms with E-state index < -0.39 is 5.60 Å². The van der Waals surface area contributed by atoms with Crippen molar-refractivity contribution in [3.05, 3.63) is 23.7 Å². The van der Waals surface area contributed by atoms with Gasteiger partial charge in [0.15, 0.2) is 0 Å². The highest BCUT2D eigenvalue weighted by Gasteiger charge is 2.36. The van der Waals surface area contributed by atoms with Gasteiger partial charge in [0.2, 0.25) is 0 Å². The van der Waals surface area contributed by atoms with Crippen LogP contribution in [0, 0.1) is 11.8 Å². The summed E-state index contributed by atoms with van der Waals surface area (Å²) >= 11 is 0. The molecule has 2 fully saturated rings. The van der Waals surface area contributed by atoms with Gasteiger partial charge in [0.05, 0.1) is 12.1 Å². The lowest BCUT2D eigenvalue weighted by Crippen LogP contribution is -2.43. The van der Waals surface area contributed by atoms with Crippen molar-refractivity contribution in [2.24, 2.45) is 11.8 Å². The molecule has 0 saturated heterocycles. The fraction of sp³-hybridized carbons (Fsp3) is 0.778. The summed E-state index contributed by atoms with van der Waals surface area (Å²) in [7, 11) is 0. The van der Waals surface area contributed by atoms with Crippen LogP contribution in [0.1, 0.15) is 69.8 Å². The van der Waals surface area contributed by atoms with Gasteiger partial charge < -0.3 is 14.8 Å². The normalized spacial score (nSPS) is 35.9. The molecule has 3 heteroatoms. The number of hydrogen-bond donors (Lipinski definition) is 2. The van der Waals surface area contributed by atoms with Gasteiger partial charge in [-0.2, -0.15) is 0 Å². The zero-order valence-corrected chi connectivity index (χ0v) is 13.4. The van der Waals surface area contributed by atoms with Crippen LogP contribution in [0.3, 0.4) is 0 Å². The molecule has 3 rings (SSSR count). The molecule has 2 saturated carbocycles. The fourth-order valence-corrected chi connectivity index (χ4v) is 3.63. The average molecular weight is 291 g/mol. The lowest BCUT2D eigenvalue weighted by Gasteiger charge is -2.35. The van der Waals surface area contributed by atoms with Gasteiger partial charge in [0.25, 0.3) is 0 Å². The third kappa shape index (κ3) is 3.70. The number of hydrogen-bond acceptors (Lipinski definition) is 3. The Morgan fingerprint density at radius 3 is 2.67 bits per heavy atom. The van der Waals surface area contributed by atoms with Crippen molar-refractivity contribution in [1.82, 2.24) is 5.32 Å². The van der Waals surface area contributed by atoms with E-state index >= 15 is 0 Å². The van der Waals surface area contributed by atoms with Gasteiger partial charge in [-0.1, -0.05) is 20.3 Å². The van der Waals surface area contributed by atoms with Gasteiger partial charge in [0, 0.05) is 12.5 Å². The standard InChI is InChI=1S/C18H29NO2/c1-3-14-6-8-18(20,9-7-14)12-19-11-15-4-5-17(21-15)16-10-13(16)2/h4-5,13-14,16,19-20H,3,6-12H2,1-2H3. The van der Waals surface area contributed by atoms with Gasteiger partial charge >= 0.3 is 0 Å². The van der Waals surface area contributed by atoms with Crippen molar-refractivity contribution in [3.63, 3.8) is 0 Å². The highest BCUT2D eigenvalue weighted by atomic mass is 16.3. The summed E-state index contributed by atoms with van der Waals surface area (Å²) in [5.74, 6) is 4.38. The molecule has 0 aromatic carbocycles. The van der Waals surface area contributed by atoms with Crippen molar-refractivity contribution in [1.29, 1.82) is 0 Å². The molecule has 2 aliphatic carbocycles. The quantitative estimate of drug-likeness (QED) is 0.837. The van der Waals surface area contributed by atoms with Gasteiger partial charge in [-0.25, -0.2) is 0 Å². The van der Waals surface area contributed by atoms with Gasteiger partial charge in [-0.05, 0) is 56.1 Å². The summed E-state index contributed by atoms with van der Waals surface area (Å²) < 4.78 is 5.89. The Balaban J connectivity index is 1.42. The highest BCUT2D eigenvalue weighted by molar-refractivity contribution is 5.17. The molecule has 0 aliphatic heterocycles. The van der Waals surface area contributed by atoms with E-state index in [2.05, 4.69) is 31.3 Å². The van der Waals surface area contributed by atoms with E-state index in [1.165, 1.54) is 25.7 Å². The molecule has 0 spiro atoms. The molecule has 3 nitrogen and oxygen atoms in total. The van der Waals surface area contributed by atoms with E-state index in [9.17, 15) is 5.11 Å². The molecule has 2 aliphatic rings. The minimum absolute atomic E-state index is 0.508. The van der Waals surface area contributed by atoms with E-state index in [1.54, 1.807) is 0 Å². The minimum Gasteiger partial charge on any atom is -0.464 e. The summed E-state index contributed by atoms with van der Waals surface area (Å²) in [6.07, 6.45) is 6.71. The Morgan fingerprint density at radius 2 is 2.05 bits per heavy atom. The maximum absolute atomic E-state index is 10.6. The van der Waals surface area contributed by atoms with Crippen LogP contribution in [-0.2, 0) is 6.54 Å². The molecule has 0 amide bonds. The molecule has 1 aromatic rings. The predicted octanol–water partition coefficient (Wildman–Crippen LogP) is 3.82. The third-order valence-electron chi connectivity index (χ3n) is 5.52. The first-order valence-electron chi connectivity index (χ1n) is 8.61. The maximum Gasteiger partial charge on any atom is 0.117 e. The molecule has 1 heterocycles. The third-order valence-corrected chi connectivity index (χ3v) is 5.52. The van der Waals surface area contributed by atoms with E-state index in [1.807, 2.05) is 0 Å². The van der Waals surface area contributed by atoms with Crippen LogP contribution in [0.4, 0.5) is 0 Å². The van der Waals surface area contributed by atoms with Crippen molar-refractivity contribution >= 4 is 0 Å². The van der Waals surface area contributed by atoms with Crippen molar-refractivity contribution in [3.8, 4) is 0 Å². The van der Waals surface area contributed by atoms with Crippen LogP contribution in [0.5, 0.6) is 0 Å². The summed E-state index contributed by atoms with van der Waals surface area (Å²) in [5, 5.41) is 14.0. The molecule has 0 bridgehead atoms. The summed E-state index contributed by atoms with van der Waals surface area (Å²) in [6, 6.07) is 4.19. The number of aliphatic hydroxyl groups is 1. The maximum atomic E-state index is 10.6. The molecule has 1 aromatic heterocycles. The lowest BCUT2D eigenvalue weighted by atomic mass is 9.78. The summed E-state index contributed by atoms with van der Waals surface area (Å²) in [5.41, 5.74) is -0.508. The summed E-state index contributed by atoms with van der Waals surface area (Å²) in [6.45, 7) is 5.93. The van der Waals surface area contributed by atoms with Crippen LogP contribution >= 0.6 is 0 Å². The Kier molecular flexibility index (Phi) is 4.41. The topological polar surface area (TPSA) is 45.4 Å². The zero-order chi connectivity index (χ0) is 14.9. The first kappa shape index (κ1) is 15.1. The number of furan rings is 1. The molecule has 118 valence electrons. The molecule has 2 unspecified atom stereocenters. The van der Waals surface area contributed by atoms with E-state index in [4.69, 9.17) is 4.42 Å². The zero-order valence-electron chi connectivity index (χ0n) is 13.4. The molecule has 0 radical (unpaired) electrons. The molecular formula is C18H29NO2. The smallest absolute Gasteiger partial charge is 0.117 e. The number of nitrogens with one attached hydrogen (secondary N) is 1. The van der Waals surface area contributed by atoms with E-state index in [0.717, 1.165) is 42.7 Å². The second-order valence-corrected chi connectivity index (χ2v) is 7.30. The van der Waals surface area contributed by atoms with Gasteiger partial charge in [-0.15, -0.1) is 0 Å².